The van der Waals surface area contributed by atoms with Gasteiger partial charge in [0.25, 0.3) is 0 Å². The second-order valence-electron chi connectivity index (χ2n) is 7.98. The molecule has 2 aliphatic heterocycles. The Balaban J connectivity index is 1.58. The first-order chi connectivity index (χ1) is 13.9. The Morgan fingerprint density at radius 2 is 1.86 bits per heavy atom. The molecule has 0 unspecified atom stereocenters. The van der Waals surface area contributed by atoms with Gasteiger partial charge in [0, 0.05) is 31.9 Å². The highest BCUT2D eigenvalue weighted by Crippen LogP contribution is 2.32. The van der Waals surface area contributed by atoms with Gasteiger partial charge in [-0.15, -0.1) is 0 Å². The Hall–Kier alpha value is -1.96. The van der Waals surface area contributed by atoms with Gasteiger partial charge in [-0.2, -0.15) is 0 Å². The van der Waals surface area contributed by atoms with Crippen LogP contribution in [0.2, 0.25) is 0 Å². The van der Waals surface area contributed by atoms with Gasteiger partial charge in [0.05, 0.1) is 4.90 Å². The predicted octanol–water partition coefficient (Wildman–Crippen LogP) is 3.32. The molecule has 0 bridgehead atoms. The lowest BCUT2D eigenvalue weighted by molar-refractivity contribution is 0.246. The highest BCUT2D eigenvalue weighted by Gasteiger charge is 2.27. The summed E-state index contributed by atoms with van der Waals surface area (Å²) in [5.41, 5.74) is 3.73. The number of likely N-dealkylation sites (tertiary alicyclic amines) is 1. The summed E-state index contributed by atoms with van der Waals surface area (Å²) in [5.74, 6) is -0.553. The average molecular weight is 418 g/mol. The molecule has 0 spiro atoms. The van der Waals surface area contributed by atoms with Crippen LogP contribution in [0.4, 0.5) is 10.1 Å². The van der Waals surface area contributed by atoms with E-state index < -0.39 is 15.8 Å². The molecule has 2 heterocycles. The molecule has 29 heavy (non-hydrogen) atoms. The molecule has 5 nitrogen and oxygen atoms in total. The molecule has 2 aromatic carbocycles. The second kappa shape index (κ2) is 8.42. The van der Waals surface area contributed by atoms with Crippen LogP contribution in [-0.2, 0) is 16.4 Å². The third kappa shape index (κ3) is 4.47. The standard InChI is InChI=1S/C22H28FN3O2S/c1-25-11-5-6-17-14-18(9-10-21(17)25)22(26-12-2-3-13-26)16-24-29(27,28)20-8-4-7-19(23)15-20/h4,7-10,14-15,22,24H,2-3,5-6,11-13,16H2,1H3/t22-/m1/s1. The van der Waals surface area contributed by atoms with Gasteiger partial charge in [-0.25, -0.2) is 17.5 Å². The largest absolute Gasteiger partial charge is 0.374 e. The molecule has 7 heteroatoms. The Kier molecular flexibility index (Phi) is 5.90. The summed E-state index contributed by atoms with van der Waals surface area (Å²) < 4.78 is 41.6. The van der Waals surface area contributed by atoms with E-state index in [9.17, 15) is 12.8 Å². The number of hydrogen-bond acceptors (Lipinski definition) is 4. The molecule has 0 amide bonds. The molecule has 2 aliphatic rings. The number of nitrogens with one attached hydrogen (secondary N) is 1. The molecular weight excluding hydrogens is 389 g/mol. The van der Waals surface area contributed by atoms with Crippen molar-refractivity contribution in [3.63, 3.8) is 0 Å². The van der Waals surface area contributed by atoms with Crippen molar-refractivity contribution in [2.75, 3.05) is 38.1 Å². The van der Waals surface area contributed by atoms with Crippen LogP contribution in [0, 0.1) is 5.82 Å². The maximum atomic E-state index is 13.5. The zero-order valence-corrected chi connectivity index (χ0v) is 17.6. The van der Waals surface area contributed by atoms with Gasteiger partial charge in [-0.3, -0.25) is 4.90 Å². The molecular formula is C22H28FN3O2S. The summed E-state index contributed by atoms with van der Waals surface area (Å²) in [4.78, 5) is 4.59. The van der Waals surface area contributed by atoms with Crippen molar-refractivity contribution in [3.8, 4) is 0 Å². The summed E-state index contributed by atoms with van der Waals surface area (Å²) >= 11 is 0. The van der Waals surface area contributed by atoms with Crippen LogP contribution in [0.3, 0.4) is 0 Å². The number of fused-ring (bicyclic) bond motifs is 1. The fourth-order valence-corrected chi connectivity index (χ4v) is 5.50. The Bertz CT molecular complexity index is 974. The first-order valence-electron chi connectivity index (χ1n) is 10.3. The van der Waals surface area contributed by atoms with Crippen LogP contribution in [0.25, 0.3) is 0 Å². The van der Waals surface area contributed by atoms with E-state index in [2.05, 4.69) is 39.8 Å². The Labute approximate surface area is 172 Å². The molecule has 0 aliphatic carbocycles. The summed E-state index contributed by atoms with van der Waals surface area (Å²) in [7, 11) is -1.65. The third-order valence-electron chi connectivity index (χ3n) is 5.99. The average Bonchev–Trinajstić information content (AvgIpc) is 3.23. The highest BCUT2D eigenvalue weighted by atomic mass is 32.2. The van der Waals surface area contributed by atoms with Gasteiger partial charge >= 0.3 is 0 Å². The van der Waals surface area contributed by atoms with Gasteiger partial charge in [-0.1, -0.05) is 18.2 Å². The van der Waals surface area contributed by atoms with Crippen LogP contribution in [0.15, 0.2) is 47.4 Å². The molecule has 156 valence electrons. The lowest BCUT2D eigenvalue weighted by atomic mass is 9.96. The normalized spacial score (nSPS) is 18.6. The van der Waals surface area contributed by atoms with Crippen molar-refractivity contribution >= 4 is 15.7 Å². The van der Waals surface area contributed by atoms with Crippen molar-refractivity contribution in [2.45, 2.75) is 36.6 Å². The first kappa shape index (κ1) is 20.3. The monoisotopic (exact) mass is 417 g/mol. The number of benzene rings is 2. The van der Waals surface area contributed by atoms with Crippen molar-refractivity contribution in [2.24, 2.45) is 0 Å². The van der Waals surface area contributed by atoms with Crippen molar-refractivity contribution in [1.82, 2.24) is 9.62 Å². The number of rotatable bonds is 6. The fraction of sp³-hybridized carbons (Fsp3) is 0.455. The third-order valence-corrected chi connectivity index (χ3v) is 7.41. The number of aryl methyl sites for hydroxylation is 1. The second-order valence-corrected chi connectivity index (χ2v) is 9.75. The van der Waals surface area contributed by atoms with E-state index in [1.165, 1.54) is 29.4 Å². The topological polar surface area (TPSA) is 52.7 Å². The lowest BCUT2D eigenvalue weighted by Crippen LogP contribution is -2.37. The van der Waals surface area contributed by atoms with E-state index in [0.29, 0.717) is 0 Å². The predicted molar refractivity (Wildman–Crippen MR) is 113 cm³/mol. The van der Waals surface area contributed by atoms with Crippen molar-refractivity contribution in [3.05, 3.63) is 59.4 Å². The zero-order chi connectivity index (χ0) is 20.4. The highest BCUT2D eigenvalue weighted by molar-refractivity contribution is 7.89. The minimum atomic E-state index is -3.77. The number of hydrogen-bond donors (Lipinski definition) is 1. The Morgan fingerprint density at radius 3 is 2.62 bits per heavy atom. The quantitative estimate of drug-likeness (QED) is 0.783. The van der Waals surface area contributed by atoms with Crippen LogP contribution in [0.5, 0.6) is 0 Å². The molecule has 1 N–H and O–H groups in total. The summed E-state index contributed by atoms with van der Waals surface area (Å²) in [6, 6.07) is 11.6. The number of nitrogens with zero attached hydrogens (tertiary/aromatic N) is 2. The van der Waals surface area contributed by atoms with Gasteiger partial charge in [0.15, 0.2) is 0 Å². The van der Waals surface area contributed by atoms with Crippen LogP contribution in [-0.4, -0.2) is 46.5 Å². The fourth-order valence-electron chi connectivity index (χ4n) is 4.43. The number of sulfonamides is 1. The van der Waals surface area contributed by atoms with E-state index in [4.69, 9.17) is 0 Å². The maximum Gasteiger partial charge on any atom is 0.240 e. The minimum Gasteiger partial charge on any atom is -0.374 e. The van der Waals surface area contributed by atoms with Gasteiger partial charge < -0.3 is 4.90 Å². The molecule has 1 atom stereocenters. The maximum absolute atomic E-state index is 13.5. The van der Waals surface area contributed by atoms with Gasteiger partial charge in [0.1, 0.15) is 5.82 Å². The summed E-state index contributed by atoms with van der Waals surface area (Å²) in [6.45, 7) is 3.26. The molecule has 1 saturated heterocycles. The SMILES string of the molecule is CN1CCCc2cc([C@@H](CNS(=O)(=O)c3cccc(F)c3)N3CCCC3)ccc21. The van der Waals surface area contributed by atoms with Crippen molar-refractivity contribution < 1.29 is 12.8 Å². The van der Waals surface area contributed by atoms with Crippen LogP contribution < -0.4 is 9.62 Å². The van der Waals surface area contributed by atoms with Gasteiger partial charge in [-0.05, 0) is 74.2 Å². The lowest BCUT2D eigenvalue weighted by Gasteiger charge is -2.31. The molecule has 4 rings (SSSR count). The molecule has 1 fully saturated rings. The molecule has 0 radical (unpaired) electrons. The Morgan fingerprint density at radius 1 is 1.07 bits per heavy atom. The minimum absolute atomic E-state index is 0.0293. The van der Waals surface area contributed by atoms with Crippen LogP contribution >= 0.6 is 0 Å². The summed E-state index contributed by atoms with van der Waals surface area (Å²) in [6.07, 6.45) is 4.43. The molecule has 2 aromatic rings. The molecule has 0 saturated carbocycles. The smallest absolute Gasteiger partial charge is 0.240 e. The number of anilines is 1. The zero-order valence-electron chi connectivity index (χ0n) is 16.8. The van der Waals surface area contributed by atoms with E-state index in [-0.39, 0.29) is 17.5 Å². The van der Waals surface area contributed by atoms with E-state index >= 15 is 0 Å². The molecule has 0 aromatic heterocycles. The van der Waals surface area contributed by atoms with E-state index in [1.54, 1.807) is 0 Å². The van der Waals surface area contributed by atoms with E-state index in [0.717, 1.165) is 56.9 Å². The van der Waals surface area contributed by atoms with E-state index in [1.807, 2.05) is 0 Å². The summed E-state index contributed by atoms with van der Waals surface area (Å²) in [5, 5.41) is 0. The number of halogens is 1. The van der Waals surface area contributed by atoms with Crippen molar-refractivity contribution in [1.29, 1.82) is 0 Å². The van der Waals surface area contributed by atoms with Gasteiger partial charge in [0.2, 0.25) is 10.0 Å². The van der Waals surface area contributed by atoms with Crippen LogP contribution in [0.1, 0.15) is 36.4 Å². The first-order valence-corrected chi connectivity index (χ1v) is 11.8.